The van der Waals surface area contributed by atoms with Crippen LogP contribution in [0.4, 0.5) is 5.69 Å². The summed E-state index contributed by atoms with van der Waals surface area (Å²) in [7, 11) is -4.04. The minimum atomic E-state index is -4.04. The molecule has 0 bridgehead atoms. The number of carbonyl (C=O) groups is 1. The van der Waals surface area contributed by atoms with E-state index >= 15 is 0 Å². The van der Waals surface area contributed by atoms with Gasteiger partial charge in [0.25, 0.3) is 5.56 Å². The molecule has 8 nitrogen and oxygen atoms in total. The predicted molar refractivity (Wildman–Crippen MR) is 113 cm³/mol. The summed E-state index contributed by atoms with van der Waals surface area (Å²) in [5, 5.41) is 2.70. The number of nitrogens with zero attached hydrogens (tertiary/aromatic N) is 1. The number of rotatable bonds is 5. The van der Waals surface area contributed by atoms with Crippen LogP contribution in [-0.4, -0.2) is 25.7 Å². The summed E-state index contributed by atoms with van der Waals surface area (Å²) in [4.78, 5) is 25.4. The number of aromatic nitrogens is 1. The summed E-state index contributed by atoms with van der Waals surface area (Å²) < 4.78 is 37.9. The third kappa shape index (κ3) is 3.91. The summed E-state index contributed by atoms with van der Waals surface area (Å²) in [6, 6.07) is 14.3. The summed E-state index contributed by atoms with van der Waals surface area (Å²) in [5.41, 5.74) is 0.556. The number of benzene rings is 2. The van der Waals surface area contributed by atoms with Crippen LogP contribution in [0.1, 0.15) is 11.3 Å². The number of pyridine rings is 1. The third-order valence-corrected chi connectivity index (χ3v) is 6.86. The SMILES string of the molecule is Cc1cc(C)n(CC(=O)Nc2ccc3c(c2)OCO3)c(=O)c1S(=O)(=O)c1ccccc1. The third-order valence-electron chi connectivity index (χ3n) is 4.93. The molecule has 0 aliphatic carbocycles. The molecule has 0 saturated carbocycles. The number of amides is 1. The normalized spacial score (nSPS) is 12.6. The zero-order valence-electron chi connectivity index (χ0n) is 16.9. The van der Waals surface area contributed by atoms with E-state index in [1.165, 1.54) is 12.1 Å². The van der Waals surface area contributed by atoms with E-state index in [2.05, 4.69) is 5.32 Å². The van der Waals surface area contributed by atoms with E-state index in [-0.39, 0.29) is 23.1 Å². The molecule has 1 aromatic heterocycles. The van der Waals surface area contributed by atoms with E-state index in [9.17, 15) is 18.0 Å². The number of carbonyl (C=O) groups excluding carboxylic acids is 1. The van der Waals surface area contributed by atoms with E-state index in [0.29, 0.717) is 28.4 Å². The van der Waals surface area contributed by atoms with Crippen LogP contribution in [0.15, 0.2) is 69.2 Å². The zero-order chi connectivity index (χ0) is 22.2. The molecule has 1 aliphatic rings. The first-order chi connectivity index (χ1) is 14.8. The highest BCUT2D eigenvalue weighted by molar-refractivity contribution is 7.91. The van der Waals surface area contributed by atoms with Gasteiger partial charge in [0.1, 0.15) is 11.4 Å². The Morgan fingerprint density at radius 1 is 1.03 bits per heavy atom. The summed E-state index contributed by atoms with van der Waals surface area (Å²) in [5.74, 6) is 0.619. The molecule has 2 aromatic carbocycles. The van der Waals surface area contributed by atoms with Gasteiger partial charge in [-0.1, -0.05) is 18.2 Å². The number of aryl methyl sites for hydroxylation is 2. The number of anilines is 1. The maximum Gasteiger partial charge on any atom is 0.270 e. The van der Waals surface area contributed by atoms with Crippen LogP contribution in [0.25, 0.3) is 0 Å². The Labute approximate surface area is 179 Å². The van der Waals surface area contributed by atoms with Gasteiger partial charge in [-0.15, -0.1) is 0 Å². The first-order valence-corrected chi connectivity index (χ1v) is 11.0. The van der Waals surface area contributed by atoms with Crippen molar-refractivity contribution in [1.29, 1.82) is 0 Å². The Hall–Kier alpha value is -3.59. The molecular formula is C22H20N2O6S. The fourth-order valence-corrected chi connectivity index (χ4v) is 5.04. The maximum atomic E-state index is 13.1. The molecule has 1 aliphatic heterocycles. The fraction of sp³-hybridized carbons (Fsp3) is 0.182. The monoisotopic (exact) mass is 440 g/mol. The molecule has 4 rings (SSSR count). The molecule has 0 unspecified atom stereocenters. The van der Waals surface area contributed by atoms with Gasteiger partial charge in [0.15, 0.2) is 11.5 Å². The van der Waals surface area contributed by atoms with Crippen molar-refractivity contribution in [1.82, 2.24) is 4.57 Å². The second-order valence-electron chi connectivity index (χ2n) is 7.12. The van der Waals surface area contributed by atoms with Gasteiger partial charge in [0, 0.05) is 17.4 Å². The van der Waals surface area contributed by atoms with Crippen LogP contribution in [0.2, 0.25) is 0 Å². The van der Waals surface area contributed by atoms with Gasteiger partial charge in [0.05, 0.1) is 4.90 Å². The van der Waals surface area contributed by atoms with Gasteiger partial charge < -0.3 is 19.4 Å². The van der Waals surface area contributed by atoms with E-state index in [1.807, 2.05) is 0 Å². The lowest BCUT2D eigenvalue weighted by atomic mass is 10.2. The van der Waals surface area contributed by atoms with Crippen LogP contribution < -0.4 is 20.3 Å². The quantitative estimate of drug-likeness (QED) is 0.654. The second-order valence-corrected chi connectivity index (χ2v) is 9.01. The Morgan fingerprint density at radius 3 is 2.48 bits per heavy atom. The van der Waals surface area contributed by atoms with Crippen molar-refractivity contribution in [3.05, 3.63) is 76.2 Å². The highest BCUT2D eigenvalue weighted by atomic mass is 32.2. The molecule has 2 heterocycles. The van der Waals surface area contributed by atoms with Gasteiger partial charge in [-0.2, -0.15) is 0 Å². The van der Waals surface area contributed by atoms with Crippen molar-refractivity contribution in [2.24, 2.45) is 0 Å². The fourth-order valence-electron chi connectivity index (χ4n) is 3.47. The summed E-state index contributed by atoms with van der Waals surface area (Å²) in [6.07, 6.45) is 0. The van der Waals surface area contributed by atoms with Crippen molar-refractivity contribution in [3.63, 3.8) is 0 Å². The van der Waals surface area contributed by atoms with Gasteiger partial charge in [0.2, 0.25) is 22.5 Å². The van der Waals surface area contributed by atoms with Crippen molar-refractivity contribution < 1.29 is 22.7 Å². The lowest BCUT2D eigenvalue weighted by Crippen LogP contribution is -2.33. The Morgan fingerprint density at radius 2 is 1.74 bits per heavy atom. The van der Waals surface area contributed by atoms with E-state index in [4.69, 9.17) is 9.47 Å². The molecule has 0 spiro atoms. The van der Waals surface area contributed by atoms with Gasteiger partial charge in [-0.25, -0.2) is 8.42 Å². The van der Waals surface area contributed by atoms with Crippen LogP contribution in [0.5, 0.6) is 11.5 Å². The molecule has 0 radical (unpaired) electrons. The molecular weight excluding hydrogens is 420 g/mol. The van der Waals surface area contributed by atoms with E-state index < -0.39 is 21.3 Å². The number of ether oxygens (including phenoxy) is 2. The van der Waals surface area contributed by atoms with Crippen LogP contribution in [0, 0.1) is 13.8 Å². The molecule has 9 heteroatoms. The summed E-state index contributed by atoms with van der Waals surface area (Å²) in [6.45, 7) is 3.00. The highest BCUT2D eigenvalue weighted by Gasteiger charge is 2.26. The molecule has 0 saturated heterocycles. The average molecular weight is 440 g/mol. The smallest absolute Gasteiger partial charge is 0.270 e. The highest BCUT2D eigenvalue weighted by Crippen LogP contribution is 2.34. The number of fused-ring (bicyclic) bond motifs is 1. The summed E-state index contributed by atoms with van der Waals surface area (Å²) >= 11 is 0. The van der Waals surface area contributed by atoms with Crippen molar-refractivity contribution >= 4 is 21.4 Å². The molecule has 0 fully saturated rings. The minimum absolute atomic E-state index is 0.0235. The Kier molecular flexibility index (Phi) is 5.28. The molecule has 1 amide bonds. The second kappa shape index (κ2) is 7.92. The minimum Gasteiger partial charge on any atom is -0.454 e. The van der Waals surface area contributed by atoms with Gasteiger partial charge >= 0.3 is 0 Å². The number of nitrogens with one attached hydrogen (secondary N) is 1. The number of sulfone groups is 1. The molecule has 3 aromatic rings. The molecule has 1 N–H and O–H groups in total. The average Bonchev–Trinajstić information content (AvgIpc) is 3.19. The first-order valence-electron chi connectivity index (χ1n) is 9.48. The first kappa shape index (κ1) is 20.7. The zero-order valence-corrected chi connectivity index (χ0v) is 17.7. The standard InChI is InChI=1S/C22H20N2O6S/c1-14-10-15(2)24(22(26)21(14)31(27,28)17-6-4-3-5-7-17)12-20(25)23-16-8-9-18-19(11-16)30-13-29-18/h3-11H,12-13H2,1-2H3,(H,23,25). The van der Waals surface area contributed by atoms with Gasteiger partial charge in [-0.05, 0) is 49.7 Å². The topological polar surface area (TPSA) is 104 Å². The van der Waals surface area contributed by atoms with Gasteiger partial charge in [-0.3, -0.25) is 9.59 Å². The van der Waals surface area contributed by atoms with Crippen LogP contribution in [0.3, 0.4) is 0 Å². The van der Waals surface area contributed by atoms with Crippen molar-refractivity contribution in [2.45, 2.75) is 30.2 Å². The molecule has 0 atom stereocenters. The Balaban J connectivity index is 1.65. The largest absolute Gasteiger partial charge is 0.454 e. The van der Waals surface area contributed by atoms with Crippen molar-refractivity contribution in [2.75, 3.05) is 12.1 Å². The molecule has 31 heavy (non-hydrogen) atoms. The van der Waals surface area contributed by atoms with Crippen LogP contribution >= 0.6 is 0 Å². The van der Waals surface area contributed by atoms with Crippen LogP contribution in [-0.2, 0) is 21.2 Å². The molecule has 160 valence electrons. The van der Waals surface area contributed by atoms with E-state index in [0.717, 1.165) is 4.57 Å². The number of hydrogen-bond acceptors (Lipinski definition) is 6. The lowest BCUT2D eigenvalue weighted by Gasteiger charge is -2.15. The Bertz CT molecular complexity index is 1330. The predicted octanol–water partition coefficient (Wildman–Crippen LogP) is 2.67. The lowest BCUT2D eigenvalue weighted by molar-refractivity contribution is -0.116. The van der Waals surface area contributed by atoms with E-state index in [1.54, 1.807) is 56.3 Å². The maximum absolute atomic E-state index is 13.1. The van der Waals surface area contributed by atoms with Crippen molar-refractivity contribution in [3.8, 4) is 11.5 Å². The number of hydrogen-bond donors (Lipinski definition) is 1.